The number of phenolic OH excluding ortho intramolecular Hbond substituents is 3. The summed E-state index contributed by atoms with van der Waals surface area (Å²) in [6.07, 6.45) is 0.621. The van der Waals surface area contributed by atoms with Crippen LogP contribution in [0.15, 0.2) is 36.4 Å². The quantitative estimate of drug-likeness (QED) is 0.743. The van der Waals surface area contributed by atoms with Crippen LogP contribution in [0.1, 0.15) is 12.5 Å². The van der Waals surface area contributed by atoms with Gasteiger partial charge in [0.2, 0.25) is 0 Å². The van der Waals surface area contributed by atoms with Crippen LogP contribution < -0.4 is 0 Å². The molecule has 0 aliphatic rings. The Balaban J connectivity index is 2.73. The third-order valence-corrected chi connectivity index (χ3v) is 2.79. The number of aromatic hydroxyl groups is 3. The molecule has 0 aromatic heterocycles. The van der Waals surface area contributed by atoms with E-state index < -0.39 is 0 Å². The molecule has 17 heavy (non-hydrogen) atoms. The van der Waals surface area contributed by atoms with Crippen molar-refractivity contribution >= 4 is 0 Å². The summed E-state index contributed by atoms with van der Waals surface area (Å²) in [4.78, 5) is 0. The normalized spacial score (nSPS) is 10.4. The lowest BCUT2D eigenvalue weighted by Gasteiger charge is -2.12. The first-order valence-electron chi connectivity index (χ1n) is 5.47. The third-order valence-electron chi connectivity index (χ3n) is 2.79. The first-order valence-corrected chi connectivity index (χ1v) is 5.47. The van der Waals surface area contributed by atoms with Crippen LogP contribution in [0, 0.1) is 0 Å². The maximum atomic E-state index is 9.81. The Kier molecular flexibility index (Phi) is 2.91. The molecule has 0 atom stereocenters. The standard InChI is InChI=1S/C14H14O3/c1-2-9-10(5-3-6-11(9)15)14-12(16)7-4-8-13(14)17/h3-8,15-17H,2H2,1H3. The second kappa shape index (κ2) is 4.37. The van der Waals surface area contributed by atoms with E-state index in [4.69, 9.17) is 0 Å². The molecule has 2 aromatic carbocycles. The summed E-state index contributed by atoms with van der Waals surface area (Å²) < 4.78 is 0. The SMILES string of the molecule is CCc1c(O)cccc1-c1c(O)cccc1O. The van der Waals surface area contributed by atoms with Gasteiger partial charge in [-0.15, -0.1) is 0 Å². The van der Waals surface area contributed by atoms with Crippen molar-refractivity contribution in [2.45, 2.75) is 13.3 Å². The van der Waals surface area contributed by atoms with Crippen LogP contribution in [0.25, 0.3) is 11.1 Å². The molecular weight excluding hydrogens is 216 g/mol. The van der Waals surface area contributed by atoms with Crippen molar-refractivity contribution < 1.29 is 15.3 Å². The van der Waals surface area contributed by atoms with Gasteiger partial charge in [-0.2, -0.15) is 0 Å². The second-order valence-corrected chi connectivity index (χ2v) is 3.83. The Labute approximate surface area is 99.6 Å². The lowest BCUT2D eigenvalue weighted by atomic mass is 9.96. The maximum Gasteiger partial charge on any atom is 0.127 e. The lowest BCUT2D eigenvalue weighted by Crippen LogP contribution is -1.89. The van der Waals surface area contributed by atoms with Crippen molar-refractivity contribution in [3.05, 3.63) is 42.0 Å². The van der Waals surface area contributed by atoms with Crippen molar-refractivity contribution in [3.63, 3.8) is 0 Å². The Morgan fingerprint density at radius 1 is 0.824 bits per heavy atom. The zero-order valence-electron chi connectivity index (χ0n) is 9.51. The maximum absolute atomic E-state index is 9.81. The average Bonchev–Trinajstić information content (AvgIpc) is 2.29. The molecule has 3 nitrogen and oxygen atoms in total. The second-order valence-electron chi connectivity index (χ2n) is 3.83. The van der Waals surface area contributed by atoms with Crippen molar-refractivity contribution in [1.82, 2.24) is 0 Å². The van der Waals surface area contributed by atoms with Gasteiger partial charge in [0.15, 0.2) is 0 Å². The molecule has 0 amide bonds. The fourth-order valence-corrected chi connectivity index (χ4v) is 1.98. The molecule has 0 aliphatic heterocycles. The first kappa shape index (κ1) is 11.3. The predicted octanol–water partition coefficient (Wildman–Crippen LogP) is 3.03. The van der Waals surface area contributed by atoms with E-state index in [1.54, 1.807) is 24.3 Å². The van der Waals surface area contributed by atoms with Gasteiger partial charge in [-0.1, -0.05) is 25.1 Å². The Hall–Kier alpha value is -2.16. The first-order chi connectivity index (χ1) is 8.15. The Morgan fingerprint density at radius 3 is 1.94 bits per heavy atom. The minimum atomic E-state index is 0.00491. The molecule has 3 heteroatoms. The van der Waals surface area contributed by atoms with Crippen LogP contribution in [0.4, 0.5) is 0 Å². The van der Waals surface area contributed by atoms with Crippen LogP contribution in [0.5, 0.6) is 17.2 Å². The Morgan fingerprint density at radius 2 is 1.35 bits per heavy atom. The van der Waals surface area contributed by atoms with E-state index in [1.807, 2.05) is 6.92 Å². The molecule has 0 unspecified atom stereocenters. The minimum absolute atomic E-state index is 0.00491. The van der Waals surface area contributed by atoms with Gasteiger partial charge in [-0.25, -0.2) is 0 Å². The molecule has 2 aromatic rings. The molecule has 88 valence electrons. The summed E-state index contributed by atoms with van der Waals surface area (Å²) in [5.74, 6) is 0.184. The monoisotopic (exact) mass is 230 g/mol. The van der Waals surface area contributed by atoms with Crippen molar-refractivity contribution in [1.29, 1.82) is 0 Å². The summed E-state index contributed by atoms with van der Waals surface area (Å²) in [5.41, 5.74) is 1.73. The van der Waals surface area contributed by atoms with Crippen LogP contribution in [-0.2, 0) is 6.42 Å². The highest BCUT2D eigenvalue weighted by Crippen LogP contribution is 2.40. The van der Waals surface area contributed by atoms with Crippen LogP contribution >= 0.6 is 0 Å². The third kappa shape index (κ3) is 1.91. The molecule has 0 saturated carbocycles. The molecule has 0 heterocycles. The van der Waals surface area contributed by atoms with Crippen molar-refractivity contribution in [3.8, 4) is 28.4 Å². The lowest BCUT2D eigenvalue weighted by molar-refractivity contribution is 0.453. The summed E-state index contributed by atoms with van der Waals surface area (Å²) in [7, 11) is 0. The fourth-order valence-electron chi connectivity index (χ4n) is 1.98. The average molecular weight is 230 g/mol. The van der Waals surface area contributed by atoms with E-state index in [9.17, 15) is 15.3 Å². The topological polar surface area (TPSA) is 60.7 Å². The molecule has 0 saturated heterocycles. The van der Waals surface area contributed by atoms with E-state index in [2.05, 4.69) is 0 Å². The number of hydrogen-bond donors (Lipinski definition) is 3. The Bertz CT molecular complexity index is 527. The summed E-state index contributed by atoms with van der Waals surface area (Å²) in [6, 6.07) is 9.65. The number of benzene rings is 2. The van der Waals surface area contributed by atoms with E-state index in [-0.39, 0.29) is 17.2 Å². The van der Waals surface area contributed by atoms with Crippen molar-refractivity contribution in [2.75, 3.05) is 0 Å². The molecule has 0 aliphatic carbocycles. The number of rotatable bonds is 2. The van der Waals surface area contributed by atoms with Gasteiger partial charge in [0, 0.05) is 5.56 Å². The number of phenols is 3. The molecular formula is C14H14O3. The molecule has 0 bridgehead atoms. The van der Waals surface area contributed by atoms with E-state index in [0.717, 1.165) is 0 Å². The van der Waals surface area contributed by atoms with Gasteiger partial charge in [-0.3, -0.25) is 0 Å². The zero-order chi connectivity index (χ0) is 12.4. The highest BCUT2D eigenvalue weighted by Gasteiger charge is 2.14. The highest BCUT2D eigenvalue weighted by atomic mass is 16.3. The fraction of sp³-hybridized carbons (Fsp3) is 0.143. The molecule has 0 radical (unpaired) electrons. The van der Waals surface area contributed by atoms with Gasteiger partial charge >= 0.3 is 0 Å². The van der Waals surface area contributed by atoms with Gasteiger partial charge in [-0.05, 0) is 30.2 Å². The zero-order valence-corrected chi connectivity index (χ0v) is 9.51. The predicted molar refractivity (Wildman–Crippen MR) is 66.3 cm³/mol. The number of hydrogen-bond acceptors (Lipinski definition) is 3. The van der Waals surface area contributed by atoms with E-state index in [1.165, 1.54) is 12.1 Å². The smallest absolute Gasteiger partial charge is 0.127 e. The molecule has 2 rings (SSSR count). The van der Waals surface area contributed by atoms with Gasteiger partial charge in [0.25, 0.3) is 0 Å². The molecule has 3 N–H and O–H groups in total. The summed E-state index contributed by atoms with van der Waals surface area (Å²) in [6.45, 7) is 1.91. The highest BCUT2D eigenvalue weighted by molar-refractivity contribution is 5.79. The molecule has 0 spiro atoms. The summed E-state index contributed by atoms with van der Waals surface area (Å²) >= 11 is 0. The van der Waals surface area contributed by atoms with Crippen molar-refractivity contribution in [2.24, 2.45) is 0 Å². The van der Waals surface area contributed by atoms with Crippen LogP contribution in [-0.4, -0.2) is 15.3 Å². The minimum Gasteiger partial charge on any atom is -0.508 e. The van der Waals surface area contributed by atoms with Crippen LogP contribution in [0.3, 0.4) is 0 Å². The van der Waals surface area contributed by atoms with Gasteiger partial charge in [0.05, 0.1) is 5.56 Å². The molecule has 0 fully saturated rings. The summed E-state index contributed by atoms with van der Waals surface area (Å²) in [5, 5.41) is 29.4. The largest absolute Gasteiger partial charge is 0.508 e. The van der Waals surface area contributed by atoms with E-state index >= 15 is 0 Å². The van der Waals surface area contributed by atoms with Gasteiger partial charge in [0.1, 0.15) is 17.2 Å². The van der Waals surface area contributed by atoms with E-state index in [0.29, 0.717) is 23.1 Å². The van der Waals surface area contributed by atoms with Crippen LogP contribution in [0.2, 0.25) is 0 Å². The van der Waals surface area contributed by atoms with Gasteiger partial charge < -0.3 is 15.3 Å².